The third-order valence-electron chi connectivity index (χ3n) is 6.73. The summed E-state index contributed by atoms with van der Waals surface area (Å²) in [5.74, 6) is -0.495. The van der Waals surface area contributed by atoms with E-state index in [2.05, 4.69) is 10.3 Å². The number of fused-ring (bicyclic) bond motifs is 2. The number of primary sulfonamides is 1. The lowest BCUT2D eigenvalue weighted by Crippen LogP contribution is -2.33. The zero-order chi connectivity index (χ0) is 29.8. The van der Waals surface area contributed by atoms with E-state index in [9.17, 15) is 26.4 Å². The van der Waals surface area contributed by atoms with Gasteiger partial charge in [-0.25, -0.2) is 18.2 Å². The number of aromatic nitrogens is 3. The largest absolute Gasteiger partial charge is 0.491 e. The van der Waals surface area contributed by atoms with Crippen molar-refractivity contribution >= 4 is 38.4 Å². The number of nitrogen functional groups attached to an aromatic ring is 1. The summed E-state index contributed by atoms with van der Waals surface area (Å²) in [7, 11) is -4.05. The predicted molar refractivity (Wildman–Crippen MR) is 146 cm³/mol. The minimum Gasteiger partial charge on any atom is -0.491 e. The van der Waals surface area contributed by atoms with Gasteiger partial charge in [0.1, 0.15) is 11.4 Å². The Hall–Kier alpha value is -4.89. The number of amides is 1. The number of hydrogen-bond acceptors (Lipinski definition) is 8. The minimum absolute atomic E-state index is 0.0290. The number of hydrogen-bond donors (Lipinski definition) is 2. The molecule has 1 aliphatic heterocycles. The molecule has 0 saturated heterocycles. The van der Waals surface area contributed by atoms with Crippen molar-refractivity contribution in [3.05, 3.63) is 78.1 Å². The maximum atomic E-state index is 14.0. The predicted octanol–water partition coefficient (Wildman–Crippen LogP) is 4.36. The Morgan fingerprint density at radius 3 is 2.57 bits per heavy atom. The lowest BCUT2D eigenvalue weighted by Gasteiger charge is -2.23. The summed E-state index contributed by atoms with van der Waals surface area (Å²) in [4.78, 5) is 15.2. The third-order valence-corrected chi connectivity index (χ3v) is 7.70. The van der Waals surface area contributed by atoms with Crippen molar-refractivity contribution < 1.29 is 35.6 Å². The Balaban J connectivity index is 1.45. The molecule has 0 spiro atoms. The van der Waals surface area contributed by atoms with Gasteiger partial charge in [-0.1, -0.05) is 29.4 Å². The zero-order valence-corrected chi connectivity index (χ0v) is 22.3. The average Bonchev–Trinajstić information content (AvgIpc) is 3.50. The standard InChI is InChI=1S/C27H21F3N6O5S/c28-27(29,30)24-14-20(36(33-24)16-7-9-21-18(13-16)25(31)34-41-21)26(37)35-10-3-11-40-22-12-15(6-8-19(22)35)17-4-1-2-5-23(17)42(32,38)39/h1-2,4-9,12-14H,3,10-11H2,(H2,31,34)(H2,32,38,39). The molecular formula is C27H21F3N6O5S. The highest BCUT2D eigenvalue weighted by Crippen LogP contribution is 2.38. The monoisotopic (exact) mass is 598 g/mol. The molecule has 0 fully saturated rings. The second-order valence-corrected chi connectivity index (χ2v) is 11.0. The molecule has 15 heteroatoms. The minimum atomic E-state index is -4.83. The zero-order valence-electron chi connectivity index (χ0n) is 21.5. The van der Waals surface area contributed by atoms with Crippen LogP contribution in [-0.2, 0) is 16.2 Å². The van der Waals surface area contributed by atoms with Gasteiger partial charge >= 0.3 is 6.18 Å². The second-order valence-electron chi connectivity index (χ2n) is 9.46. The van der Waals surface area contributed by atoms with Gasteiger partial charge in [0.15, 0.2) is 17.1 Å². The molecule has 42 heavy (non-hydrogen) atoms. The van der Waals surface area contributed by atoms with E-state index in [-0.39, 0.29) is 46.7 Å². The summed E-state index contributed by atoms with van der Waals surface area (Å²) in [6.07, 6.45) is -4.46. The molecule has 3 aromatic carbocycles. The molecule has 0 aliphatic carbocycles. The molecule has 2 aromatic heterocycles. The summed E-state index contributed by atoms with van der Waals surface area (Å²) in [5.41, 5.74) is 5.73. The van der Waals surface area contributed by atoms with Gasteiger partial charge < -0.3 is 19.9 Å². The molecule has 11 nitrogen and oxygen atoms in total. The third kappa shape index (κ3) is 4.81. The van der Waals surface area contributed by atoms with Gasteiger partial charge in [0.25, 0.3) is 5.91 Å². The van der Waals surface area contributed by atoms with Gasteiger partial charge in [-0.15, -0.1) is 0 Å². The summed E-state index contributed by atoms with van der Waals surface area (Å²) >= 11 is 0. The number of nitrogens with two attached hydrogens (primary N) is 2. The first-order chi connectivity index (χ1) is 19.9. The number of nitrogens with zero attached hydrogens (tertiary/aromatic N) is 4. The fraction of sp³-hybridized carbons (Fsp3) is 0.148. The highest BCUT2D eigenvalue weighted by molar-refractivity contribution is 7.89. The van der Waals surface area contributed by atoms with Crippen LogP contribution in [0.3, 0.4) is 0 Å². The van der Waals surface area contributed by atoms with Crippen LogP contribution in [0.25, 0.3) is 27.8 Å². The van der Waals surface area contributed by atoms with E-state index in [1.165, 1.54) is 35.2 Å². The smallest absolute Gasteiger partial charge is 0.435 e. The highest BCUT2D eigenvalue weighted by atomic mass is 32.2. The number of ether oxygens (including phenoxy) is 1. The van der Waals surface area contributed by atoms with Crippen LogP contribution in [-0.4, -0.2) is 42.4 Å². The molecule has 6 rings (SSSR count). The number of carbonyl (C=O) groups excluding carboxylic acids is 1. The molecule has 1 amide bonds. The van der Waals surface area contributed by atoms with E-state index >= 15 is 0 Å². The Morgan fingerprint density at radius 2 is 1.81 bits per heavy atom. The fourth-order valence-electron chi connectivity index (χ4n) is 4.79. The summed E-state index contributed by atoms with van der Waals surface area (Å²) in [6.45, 7) is 0.330. The molecule has 5 aromatic rings. The van der Waals surface area contributed by atoms with Crippen LogP contribution in [0.4, 0.5) is 24.7 Å². The lowest BCUT2D eigenvalue weighted by atomic mass is 10.0. The molecule has 0 radical (unpaired) electrons. The lowest BCUT2D eigenvalue weighted by molar-refractivity contribution is -0.141. The van der Waals surface area contributed by atoms with Crippen LogP contribution in [0.2, 0.25) is 0 Å². The molecule has 0 unspecified atom stereocenters. The Bertz CT molecular complexity index is 1970. The first-order valence-electron chi connectivity index (χ1n) is 12.5. The number of carbonyl (C=O) groups is 1. The summed E-state index contributed by atoms with van der Waals surface area (Å²) in [6, 6.07) is 15.8. The Kier molecular flexibility index (Phi) is 6.42. The normalized spacial score (nSPS) is 14.0. The first kappa shape index (κ1) is 27.3. The number of sulfonamides is 1. The van der Waals surface area contributed by atoms with E-state index in [0.717, 1.165) is 4.68 Å². The highest BCUT2D eigenvalue weighted by Gasteiger charge is 2.37. The molecule has 4 N–H and O–H groups in total. The van der Waals surface area contributed by atoms with Gasteiger partial charge in [-0.05, 0) is 48.4 Å². The van der Waals surface area contributed by atoms with E-state index < -0.39 is 27.8 Å². The number of alkyl halides is 3. The first-order valence-corrected chi connectivity index (χ1v) is 14.0. The van der Waals surface area contributed by atoms with Gasteiger partial charge in [-0.2, -0.15) is 18.3 Å². The quantitative estimate of drug-likeness (QED) is 0.309. The number of anilines is 2. The molecular weight excluding hydrogens is 577 g/mol. The van der Waals surface area contributed by atoms with Crippen LogP contribution in [0.15, 0.2) is 76.1 Å². The molecule has 0 atom stereocenters. The SMILES string of the molecule is Nc1noc2ccc(-n3nc(C(F)(F)F)cc3C(=O)N3CCCOc4cc(-c5ccccc5S(N)(=O)=O)ccc43)cc12. The summed E-state index contributed by atoms with van der Waals surface area (Å²) in [5, 5.41) is 13.1. The number of halogens is 3. The van der Waals surface area contributed by atoms with Crippen molar-refractivity contribution in [3.63, 3.8) is 0 Å². The maximum Gasteiger partial charge on any atom is 0.435 e. The molecule has 1 aliphatic rings. The van der Waals surface area contributed by atoms with Crippen molar-refractivity contribution in [2.45, 2.75) is 17.5 Å². The Morgan fingerprint density at radius 1 is 1.02 bits per heavy atom. The van der Waals surface area contributed by atoms with E-state index in [0.29, 0.717) is 34.6 Å². The van der Waals surface area contributed by atoms with E-state index in [1.807, 2.05) is 0 Å². The Labute approximate surface area is 236 Å². The van der Waals surface area contributed by atoms with Gasteiger partial charge in [0.2, 0.25) is 10.0 Å². The molecule has 0 saturated carbocycles. The molecule has 3 heterocycles. The molecule has 0 bridgehead atoms. The summed E-state index contributed by atoms with van der Waals surface area (Å²) < 4.78 is 77.5. The van der Waals surface area contributed by atoms with Gasteiger partial charge in [0, 0.05) is 18.2 Å². The van der Waals surface area contributed by atoms with E-state index in [1.54, 1.807) is 30.3 Å². The second kappa shape index (κ2) is 9.88. The van der Waals surface area contributed by atoms with Crippen LogP contribution in [0, 0.1) is 0 Å². The number of rotatable bonds is 4. The molecule has 216 valence electrons. The van der Waals surface area contributed by atoms with Crippen molar-refractivity contribution in [2.75, 3.05) is 23.8 Å². The van der Waals surface area contributed by atoms with Crippen molar-refractivity contribution in [2.24, 2.45) is 5.14 Å². The van der Waals surface area contributed by atoms with Crippen molar-refractivity contribution in [1.82, 2.24) is 14.9 Å². The van der Waals surface area contributed by atoms with Gasteiger partial charge in [0.05, 0.1) is 28.3 Å². The van der Waals surface area contributed by atoms with Crippen LogP contribution in [0.5, 0.6) is 5.75 Å². The van der Waals surface area contributed by atoms with Crippen LogP contribution >= 0.6 is 0 Å². The van der Waals surface area contributed by atoms with Crippen molar-refractivity contribution in [1.29, 1.82) is 0 Å². The topological polar surface area (TPSA) is 160 Å². The van der Waals surface area contributed by atoms with Gasteiger partial charge in [-0.3, -0.25) is 4.79 Å². The van der Waals surface area contributed by atoms with E-state index in [4.69, 9.17) is 20.1 Å². The van der Waals surface area contributed by atoms with Crippen LogP contribution in [0.1, 0.15) is 22.6 Å². The fourth-order valence-corrected chi connectivity index (χ4v) is 5.55. The maximum absolute atomic E-state index is 14.0. The number of benzene rings is 3. The van der Waals surface area contributed by atoms with Crippen LogP contribution < -0.4 is 20.5 Å². The van der Waals surface area contributed by atoms with Crippen molar-refractivity contribution in [3.8, 4) is 22.6 Å². The average molecular weight is 599 g/mol.